The van der Waals surface area contributed by atoms with E-state index in [2.05, 4.69) is 9.88 Å². The van der Waals surface area contributed by atoms with Gasteiger partial charge in [-0.05, 0) is 23.6 Å². The molecule has 1 saturated heterocycles. The van der Waals surface area contributed by atoms with Gasteiger partial charge in [0.25, 0.3) is 0 Å². The molecular weight excluding hydrogens is 272 g/mol. The van der Waals surface area contributed by atoms with Crippen molar-refractivity contribution in [1.82, 2.24) is 4.98 Å². The van der Waals surface area contributed by atoms with Gasteiger partial charge in [0.1, 0.15) is 5.82 Å². The van der Waals surface area contributed by atoms with Crippen LogP contribution in [-0.2, 0) is 0 Å². The van der Waals surface area contributed by atoms with Crippen molar-refractivity contribution in [2.24, 2.45) is 0 Å². The number of aromatic carboxylic acids is 1. The Labute approximate surface area is 121 Å². The zero-order valence-electron chi connectivity index (χ0n) is 11.2. The molecule has 1 unspecified atom stereocenters. The third-order valence-corrected chi connectivity index (χ3v) is 4.87. The molecular formula is C15H16N2O2S. The van der Waals surface area contributed by atoms with Gasteiger partial charge in [-0.15, -0.1) is 0 Å². The molecule has 0 spiro atoms. The van der Waals surface area contributed by atoms with E-state index in [9.17, 15) is 9.90 Å². The molecule has 0 bridgehead atoms. The van der Waals surface area contributed by atoms with Crippen molar-refractivity contribution >= 4 is 34.3 Å². The first-order valence-corrected chi connectivity index (χ1v) is 7.76. The maximum absolute atomic E-state index is 11.3. The third-order valence-electron chi connectivity index (χ3n) is 3.73. The van der Waals surface area contributed by atoms with Gasteiger partial charge in [-0.3, -0.25) is 0 Å². The van der Waals surface area contributed by atoms with Gasteiger partial charge in [0.15, 0.2) is 5.69 Å². The van der Waals surface area contributed by atoms with Crippen LogP contribution >= 0.6 is 11.8 Å². The number of fused-ring (bicyclic) bond motifs is 1. The third kappa shape index (κ3) is 2.33. The number of aromatic nitrogens is 1. The van der Waals surface area contributed by atoms with Crippen LogP contribution in [0.3, 0.4) is 0 Å². The molecule has 1 aromatic carbocycles. The van der Waals surface area contributed by atoms with Gasteiger partial charge in [0, 0.05) is 24.2 Å². The Balaban J connectivity index is 2.13. The van der Waals surface area contributed by atoms with Crippen molar-refractivity contribution in [1.29, 1.82) is 0 Å². The summed E-state index contributed by atoms with van der Waals surface area (Å²) in [6.45, 7) is 0. The molecule has 20 heavy (non-hydrogen) atoms. The van der Waals surface area contributed by atoms with Crippen LogP contribution < -0.4 is 4.90 Å². The van der Waals surface area contributed by atoms with E-state index in [1.807, 2.05) is 43.1 Å². The number of thioether (sulfide) groups is 1. The molecule has 0 amide bonds. The number of anilines is 1. The van der Waals surface area contributed by atoms with Crippen LogP contribution in [-0.4, -0.2) is 40.7 Å². The van der Waals surface area contributed by atoms with Crippen molar-refractivity contribution in [3.63, 3.8) is 0 Å². The summed E-state index contributed by atoms with van der Waals surface area (Å²) in [5, 5.41) is 11.2. The minimum atomic E-state index is -0.980. The van der Waals surface area contributed by atoms with Crippen molar-refractivity contribution in [3.8, 4) is 0 Å². The van der Waals surface area contributed by atoms with Gasteiger partial charge < -0.3 is 10.0 Å². The maximum atomic E-state index is 11.3. The number of pyridine rings is 1. The van der Waals surface area contributed by atoms with E-state index in [1.165, 1.54) is 0 Å². The van der Waals surface area contributed by atoms with Gasteiger partial charge in [-0.2, -0.15) is 11.8 Å². The summed E-state index contributed by atoms with van der Waals surface area (Å²) in [5.74, 6) is 2.02. The van der Waals surface area contributed by atoms with Gasteiger partial charge >= 0.3 is 5.97 Å². The predicted octanol–water partition coefficient (Wildman–Crippen LogP) is 2.87. The fourth-order valence-corrected chi connectivity index (χ4v) is 3.83. The lowest BCUT2D eigenvalue weighted by Crippen LogP contribution is -2.32. The Kier molecular flexibility index (Phi) is 3.53. The molecule has 104 valence electrons. The summed E-state index contributed by atoms with van der Waals surface area (Å²) in [4.78, 5) is 17.8. The molecule has 1 atom stereocenters. The number of carboxylic acids is 1. The summed E-state index contributed by atoms with van der Waals surface area (Å²) in [7, 11) is 2.01. The van der Waals surface area contributed by atoms with Gasteiger partial charge in [0.2, 0.25) is 0 Å². The molecule has 2 aromatic rings. The lowest BCUT2D eigenvalue weighted by atomic mass is 10.1. The Morgan fingerprint density at radius 1 is 1.45 bits per heavy atom. The van der Waals surface area contributed by atoms with Crippen LogP contribution in [0.25, 0.3) is 10.8 Å². The van der Waals surface area contributed by atoms with Crippen molar-refractivity contribution in [3.05, 3.63) is 36.0 Å². The van der Waals surface area contributed by atoms with Gasteiger partial charge in [-0.1, -0.05) is 24.3 Å². The lowest BCUT2D eigenvalue weighted by Gasteiger charge is -2.26. The van der Waals surface area contributed by atoms with Crippen molar-refractivity contribution < 1.29 is 9.90 Å². The number of hydrogen-bond donors (Lipinski definition) is 1. The van der Waals surface area contributed by atoms with Crippen LogP contribution in [0.2, 0.25) is 0 Å². The first kappa shape index (κ1) is 13.2. The van der Waals surface area contributed by atoms with E-state index in [0.29, 0.717) is 6.04 Å². The first-order chi connectivity index (χ1) is 9.66. The first-order valence-electron chi connectivity index (χ1n) is 6.60. The summed E-state index contributed by atoms with van der Waals surface area (Å²) in [6, 6.07) is 9.89. The minimum absolute atomic E-state index is 0.108. The number of rotatable bonds is 3. The number of hydrogen-bond acceptors (Lipinski definition) is 4. The highest BCUT2D eigenvalue weighted by Crippen LogP contribution is 2.30. The standard InChI is InChI=1S/C15H16N2O2S/c1-17(11-6-7-20-9-11)14-12-5-3-2-4-10(12)8-13(16-14)15(18)19/h2-5,8,11H,6-7,9H2,1H3,(H,18,19). The normalized spacial score (nSPS) is 18.4. The summed E-state index contributed by atoms with van der Waals surface area (Å²) in [6.07, 6.45) is 1.12. The van der Waals surface area contributed by atoms with Crippen LogP contribution in [0.15, 0.2) is 30.3 Å². The van der Waals surface area contributed by atoms with E-state index in [-0.39, 0.29) is 5.69 Å². The highest BCUT2D eigenvalue weighted by atomic mass is 32.2. The number of carboxylic acid groups (broad SMARTS) is 1. The van der Waals surface area contributed by atoms with Crippen molar-refractivity contribution in [2.75, 3.05) is 23.5 Å². The monoisotopic (exact) mass is 288 g/mol. The molecule has 1 aliphatic rings. The van der Waals surface area contributed by atoms with Crippen LogP contribution in [0.1, 0.15) is 16.9 Å². The molecule has 0 saturated carbocycles. The second-order valence-corrected chi connectivity index (χ2v) is 6.14. The van der Waals surface area contributed by atoms with Crippen LogP contribution in [0, 0.1) is 0 Å². The number of nitrogens with zero attached hydrogens (tertiary/aromatic N) is 2. The molecule has 1 fully saturated rings. The molecule has 1 N–H and O–H groups in total. The SMILES string of the molecule is CN(c1nc(C(=O)O)cc2ccccc12)C1CCSC1. The average Bonchev–Trinajstić information content (AvgIpc) is 2.99. The maximum Gasteiger partial charge on any atom is 0.354 e. The number of benzene rings is 1. The van der Waals surface area contributed by atoms with Crippen molar-refractivity contribution in [2.45, 2.75) is 12.5 Å². The van der Waals surface area contributed by atoms with Gasteiger partial charge in [0.05, 0.1) is 0 Å². The highest BCUT2D eigenvalue weighted by molar-refractivity contribution is 7.99. The molecule has 1 aromatic heterocycles. The highest BCUT2D eigenvalue weighted by Gasteiger charge is 2.23. The zero-order chi connectivity index (χ0) is 14.1. The van der Waals surface area contributed by atoms with Gasteiger partial charge in [-0.25, -0.2) is 9.78 Å². The average molecular weight is 288 g/mol. The topological polar surface area (TPSA) is 53.4 Å². The summed E-state index contributed by atoms with van der Waals surface area (Å²) in [5.41, 5.74) is 0.108. The van der Waals surface area contributed by atoms with E-state index >= 15 is 0 Å². The molecule has 3 rings (SSSR count). The Morgan fingerprint density at radius 3 is 2.95 bits per heavy atom. The Bertz CT molecular complexity index is 653. The molecule has 1 aliphatic heterocycles. The lowest BCUT2D eigenvalue weighted by molar-refractivity contribution is 0.0691. The second kappa shape index (κ2) is 5.32. The Morgan fingerprint density at radius 2 is 2.25 bits per heavy atom. The predicted molar refractivity (Wildman–Crippen MR) is 82.8 cm³/mol. The molecule has 0 aliphatic carbocycles. The smallest absolute Gasteiger partial charge is 0.354 e. The molecule has 0 radical (unpaired) electrons. The largest absolute Gasteiger partial charge is 0.477 e. The second-order valence-electron chi connectivity index (χ2n) is 4.99. The van der Waals surface area contributed by atoms with E-state index in [1.54, 1.807) is 6.07 Å². The summed E-state index contributed by atoms with van der Waals surface area (Å²) >= 11 is 1.94. The number of carbonyl (C=O) groups is 1. The summed E-state index contributed by atoms with van der Waals surface area (Å²) < 4.78 is 0. The zero-order valence-corrected chi connectivity index (χ0v) is 12.1. The fourth-order valence-electron chi connectivity index (χ4n) is 2.56. The quantitative estimate of drug-likeness (QED) is 0.941. The van der Waals surface area contributed by atoms with Crippen LogP contribution in [0.4, 0.5) is 5.82 Å². The van der Waals surface area contributed by atoms with E-state index < -0.39 is 5.97 Å². The minimum Gasteiger partial charge on any atom is -0.477 e. The van der Waals surface area contributed by atoms with E-state index in [4.69, 9.17) is 0 Å². The Hall–Kier alpha value is -1.75. The van der Waals surface area contributed by atoms with E-state index in [0.717, 1.165) is 34.5 Å². The fraction of sp³-hybridized carbons (Fsp3) is 0.333. The molecule has 4 nitrogen and oxygen atoms in total. The molecule has 2 heterocycles. The molecule has 5 heteroatoms. The van der Waals surface area contributed by atoms with Crippen LogP contribution in [0.5, 0.6) is 0 Å².